The highest BCUT2D eigenvalue weighted by atomic mass is 16.6. The van der Waals surface area contributed by atoms with Crippen LogP contribution < -0.4 is 16.0 Å². The molecule has 0 atom stereocenters. The number of nitrogens with zero attached hydrogens (tertiary/aromatic N) is 4. The highest BCUT2D eigenvalue weighted by Gasteiger charge is 2.11. The minimum absolute atomic E-state index is 0.0381. The quantitative estimate of drug-likeness (QED) is 0.197. The second-order valence-corrected chi connectivity index (χ2v) is 8.71. The van der Waals surface area contributed by atoms with Crippen LogP contribution in [-0.2, 0) is 6.61 Å². The van der Waals surface area contributed by atoms with Gasteiger partial charge in [0, 0.05) is 34.8 Å². The molecule has 0 saturated heterocycles. The number of non-ortho nitro benzene ring substituents is 1. The molecule has 3 aromatic carbocycles. The van der Waals surface area contributed by atoms with E-state index >= 15 is 0 Å². The standard InChI is InChI=1S/C28H23N5O5/c1-18-15-21(16-29-32-27(34)25-5-3-4-6-26(25)30-28(32)35)19(2)31(18)22-11-13-24(14-12-22)38-17-20-7-9-23(10-8-20)33(36)37/h3-16H,17H2,1-2H3,(H,30,35). The first-order valence-corrected chi connectivity index (χ1v) is 11.8. The minimum atomic E-state index is -0.608. The Hall–Kier alpha value is -5.25. The summed E-state index contributed by atoms with van der Waals surface area (Å²) in [5, 5.41) is 15.4. The van der Waals surface area contributed by atoms with Crippen LogP contribution in [0.25, 0.3) is 16.6 Å². The number of hydrogen-bond acceptors (Lipinski definition) is 6. The summed E-state index contributed by atoms with van der Waals surface area (Å²) in [6.07, 6.45) is 1.51. The van der Waals surface area contributed by atoms with E-state index in [1.54, 1.807) is 36.4 Å². The Morgan fingerprint density at radius 2 is 1.71 bits per heavy atom. The third kappa shape index (κ3) is 4.74. The number of hydrogen-bond donors (Lipinski definition) is 1. The molecule has 0 spiro atoms. The van der Waals surface area contributed by atoms with Crippen LogP contribution in [-0.4, -0.2) is 25.4 Å². The fourth-order valence-corrected chi connectivity index (χ4v) is 4.27. The van der Waals surface area contributed by atoms with Crippen molar-refractivity contribution < 1.29 is 9.66 Å². The summed E-state index contributed by atoms with van der Waals surface area (Å²) in [4.78, 5) is 38.2. The smallest absolute Gasteiger partial charge is 0.349 e. The van der Waals surface area contributed by atoms with Gasteiger partial charge in [0.15, 0.2) is 0 Å². The average molecular weight is 510 g/mol. The third-order valence-electron chi connectivity index (χ3n) is 6.21. The van der Waals surface area contributed by atoms with Crippen LogP contribution in [0.2, 0.25) is 0 Å². The van der Waals surface area contributed by atoms with Gasteiger partial charge < -0.3 is 14.3 Å². The lowest BCUT2D eigenvalue weighted by Crippen LogP contribution is -2.32. The molecule has 0 bridgehead atoms. The zero-order chi connectivity index (χ0) is 26.8. The van der Waals surface area contributed by atoms with E-state index in [2.05, 4.69) is 10.1 Å². The van der Waals surface area contributed by atoms with E-state index in [0.717, 1.165) is 32.9 Å². The molecule has 5 aromatic rings. The predicted octanol–water partition coefficient (Wildman–Crippen LogP) is 4.47. The molecule has 0 fully saturated rings. The number of H-pyrrole nitrogens is 1. The Balaban J connectivity index is 1.35. The maximum absolute atomic E-state index is 12.8. The van der Waals surface area contributed by atoms with Crippen LogP contribution >= 0.6 is 0 Å². The zero-order valence-electron chi connectivity index (χ0n) is 20.6. The van der Waals surface area contributed by atoms with Crippen LogP contribution in [0.3, 0.4) is 0 Å². The average Bonchev–Trinajstić information content (AvgIpc) is 3.20. The predicted molar refractivity (Wildman–Crippen MR) is 144 cm³/mol. The second kappa shape index (κ2) is 10.0. The highest BCUT2D eigenvalue weighted by molar-refractivity contribution is 5.82. The summed E-state index contributed by atoms with van der Waals surface area (Å²) in [6, 6.07) is 22.5. The van der Waals surface area contributed by atoms with Crippen molar-refractivity contribution in [1.82, 2.24) is 14.2 Å². The molecular weight excluding hydrogens is 486 g/mol. The van der Waals surface area contributed by atoms with Crippen molar-refractivity contribution in [2.45, 2.75) is 20.5 Å². The number of rotatable bonds is 7. The Kier molecular flexibility index (Phi) is 6.44. The number of nitro groups is 1. The highest BCUT2D eigenvalue weighted by Crippen LogP contribution is 2.23. The second-order valence-electron chi connectivity index (χ2n) is 8.71. The molecule has 0 saturated carbocycles. The lowest BCUT2D eigenvalue weighted by Gasteiger charge is -2.11. The molecule has 2 heterocycles. The maximum atomic E-state index is 12.8. The molecular formula is C28H23N5O5. The van der Waals surface area contributed by atoms with Crippen molar-refractivity contribution in [3.05, 3.63) is 132 Å². The number of benzene rings is 3. The fraction of sp³-hybridized carbons (Fsp3) is 0.107. The summed E-state index contributed by atoms with van der Waals surface area (Å²) >= 11 is 0. The van der Waals surface area contributed by atoms with E-state index in [1.165, 1.54) is 18.3 Å². The number of nitro benzene ring substituents is 1. The van der Waals surface area contributed by atoms with E-state index in [9.17, 15) is 19.7 Å². The summed E-state index contributed by atoms with van der Waals surface area (Å²) < 4.78 is 8.69. The van der Waals surface area contributed by atoms with Crippen LogP contribution in [0.4, 0.5) is 5.69 Å². The number of aryl methyl sites for hydroxylation is 1. The zero-order valence-corrected chi connectivity index (χ0v) is 20.6. The number of fused-ring (bicyclic) bond motifs is 1. The lowest BCUT2D eigenvalue weighted by molar-refractivity contribution is -0.384. The van der Waals surface area contributed by atoms with Crippen molar-refractivity contribution in [1.29, 1.82) is 0 Å². The van der Waals surface area contributed by atoms with Gasteiger partial charge in [-0.3, -0.25) is 14.9 Å². The minimum Gasteiger partial charge on any atom is -0.489 e. The van der Waals surface area contributed by atoms with Gasteiger partial charge >= 0.3 is 5.69 Å². The molecule has 1 N–H and O–H groups in total. The molecule has 0 aliphatic carbocycles. The van der Waals surface area contributed by atoms with E-state index < -0.39 is 16.2 Å². The largest absolute Gasteiger partial charge is 0.489 e. The fourth-order valence-electron chi connectivity index (χ4n) is 4.27. The van der Waals surface area contributed by atoms with Gasteiger partial charge in [-0.05, 0) is 74.0 Å². The molecule has 5 rings (SSSR count). The molecule has 0 aliphatic heterocycles. The topological polar surface area (TPSA) is 125 Å². The molecule has 10 heteroatoms. The third-order valence-corrected chi connectivity index (χ3v) is 6.21. The first-order valence-electron chi connectivity index (χ1n) is 11.8. The number of nitrogens with one attached hydrogen (secondary N) is 1. The van der Waals surface area contributed by atoms with Crippen molar-refractivity contribution in [2.75, 3.05) is 0 Å². The van der Waals surface area contributed by atoms with Crippen LogP contribution in [0.5, 0.6) is 5.75 Å². The van der Waals surface area contributed by atoms with Crippen molar-refractivity contribution in [3.8, 4) is 11.4 Å². The number of para-hydroxylation sites is 1. The van der Waals surface area contributed by atoms with E-state index in [0.29, 0.717) is 16.7 Å². The van der Waals surface area contributed by atoms with Gasteiger partial charge in [-0.25, -0.2) is 4.79 Å². The van der Waals surface area contributed by atoms with Gasteiger partial charge in [-0.1, -0.05) is 12.1 Å². The van der Waals surface area contributed by atoms with Gasteiger partial charge in [-0.15, -0.1) is 4.68 Å². The molecule has 10 nitrogen and oxygen atoms in total. The summed E-state index contributed by atoms with van der Waals surface area (Å²) in [6.45, 7) is 4.17. The van der Waals surface area contributed by atoms with Crippen molar-refractivity contribution in [2.24, 2.45) is 5.10 Å². The van der Waals surface area contributed by atoms with Crippen LogP contribution in [0, 0.1) is 24.0 Å². The van der Waals surface area contributed by atoms with E-state index in [1.807, 2.05) is 48.7 Å². The van der Waals surface area contributed by atoms with Gasteiger partial charge in [0.2, 0.25) is 0 Å². The molecule has 190 valence electrons. The monoisotopic (exact) mass is 509 g/mol. The molecule has 2 aromatic heterocycles. The Bertz CT molecular complexity index is 1800. The SMILES string of the molecule is Cc1cc(C=Nn2c(=O)[nH]c3ccccc3c2=O)c(C)n1-c1ccc(OCc2ccc([N+](=O)[O-])cc2)cc1. The first kappa shape index (κ1) is 24.4. The molecule has 0 radical (unpaired) electrons. The molecule has 0 amide bonds. The Labute approximate surface area is 216 Å². The van der Waals surface area contributed by atoms with Crippen LogP contribution in [0.1, 0.15) is 22.5 Å². The summed E-state index contributed by atoms with van der Waals surface area (Å²) in [5.41, 5.74) is 3.73. The number of aromatic amines is 1. The molecule has 0 aliphatic rings. The summed E-state index contributed by atoms with van der Waals surface area (Å²) in [5.74, 6) is 0.659. The first-order chi connectivity index (χ1) is 18.3. The summed E-state index contributed by atoms with van der Waals surface area (Å²) in [7, 11) is 0. The molecule has 0 unspecified atom stereocenters. The Morgan fingerprint density at radius 1 is 1.00 bits per heavy atom. The van der Waals surface area contributed by atoms with Crippen molar-refractivity contribution in [3.63, 3.8) is 0 Å². The van der Waals surface area contributed by atoms with Gasteiger partial charge in [0.1, 0.15) is 12.4 Å². The van der Waals surface area contributed by atoms with Gasteiger partial charge in [-0.2, -0.15) is 5.10 Å². The number of ether oxygens (including phenoxy) is 1. The normalized spacial score (nSPS) is 11.3. The number of aromatic nitrogens is 3. The maximum Gasteiger partial charge on any atom is 0.349 e. The van der Waals surface area contributed by atoms with Crippen molar-refractivity contribution >= 4 is 22.8 Å². The van der Waals surface area contributed by atoms with Gasteiger partial charge in [0.25, 0.3) is 11.2 Å². The van der Waals surface area contributed by atoms with E-state index in [4.69, 9.17) is 4.74 Å². The van der Waals surface area contributed by atoms with Crippen LogP contribution in [0.15, 0.2) is 93.6 Å². The Morgan fingerprint density at radius 3 is 2.42 bits per heavy atom. The van der Waals surface area contributed by atoms with E-state index in [-0.39, 0.29) is 12.3 Å². The molecule has 38 heavy (non-hydrogen) atoms. The lowest BCUT2D eigenvalue weighted by atomic mass is 10.2. The van der Waals surface area contributed by atoms with Gasteiger partial charge in [0.05, 0.1) is 22.0 Å².